The fourth-order valence-electron chi connectivity index (χ4n) is 1.81. The summed E-state index contributed by atoms with van der Waals surface area (Å²) in [5.74, 6) is 1.05. The second kappa shape index (κ2) is 4.87. The normalized spacial score (nSPS) is 15.9. The monoisotopic (exact) mass is 264 g/mol. The van der Waals surface area contributed by atoms with E-state index in [1.807, 2.05) is 22.4 Å². The minimum Gasteiger partial charge on any atom is -0.378 e. The number of hydrogen-bond acceptors (Lipinski definition) is 6. The molecule has 3 heterocycles. The first-order valence-corrected chi connectivity index (χ1v) is 6.56. The van der Waals surface area contributed by atoms with Gasteiger partial charge in [-0.1, -0.05) is 6.07 Å². The summed E-state index contributed by atoms with van der Waals surface area (Å²) in [5.41, 5.74) is -0.366. The van der Waals surface area contributed by atoms with Crippen LogP contribution < -0.4 is 10.6 Å². The van der Waals surface area contributed by atoms with Gasteiger partial charge >= 0.3 is 5.69 Å². The molecule has 0 unspecified atom stereocenters. The van der Waals surface area contributed by atoms with E-state index in [1.165, 1.54) is 11.3 Å². The Bertz CT molecular complexity index is 575. The van der Waals surface area contributed by atoms with Crippen LogP contribution in [0.3, 0.4) is 0 Å². The third kappa shape index (κ3) is 2.27. The molecule has 2 aromatic rings. The van der Waals surface area contributed by atoms with Gasteiger partial charge in [0.05, 0.1) is 18.1 Å². The number of aromatic amines is 1. The topological polar surface area (TPSA) is 71.1 Å². The van der Waals surface area contributed by atoms with Crippen LogP contribution in [-0.4, -0.2) is 41.3 Å². The molecule has 1 fully saturated rings. The van der Waals surface area contributed by atoms with E-state index in [9.17, 15) is 4.79 Å². The maximum atomic E-state index is 11.6. The quantitative estimate of drug-likeness (QED) is 0.866. The molecule has 0 atom stereocenters. The number of nitrogens with zero attached hydrogens (tertiary/aromatic N) is 3. The number of ether oxygens (including phenoxy) is 1. The first-order chi connectivity index (χ1) is 8.83. The Kier molecular flexibility index (Phi) is 3.07. The Labute approximate surface area is 107 Å². The second-order valence-corrected chi connectivity index (χ2v) is 4.83. The van der Waals surface area contributed by atoms with Gasteiger partial charge in [-0.05, 0) is 11.4 Å². The lowest BCUT2D eigenvalue weighted by Gasteiger charge is -2.26. The van der Waals surface area contributed by atoms with Gasteiger partial charge in [0.2, 0.25) is 5.95 Å². The van der Waals surface area contributed by atoms with E-state index in [0.29, 0.717) is 38.1 Å². The van der Waals surface area contributed by atoms with E-state index in [-0.39, 0.29) is 5.69 Å². The summed E-state index contributed by atoms with van der Waals surface area (Å²) in [6.45, 7) is 2.72. The Morgan fingerprint density at radius 1 is 1.33 bits per heavy atom. The van der Waals surface area contributed by atoms with Gasteiger partial charge in [-0.15, -0.1) is 11.3 Å². The molecule has 94 valence electrons. The van der Waals surface area contributed by atoms with Crippen molar-refractivity contribution < 1.29 is 4.74 Å². The third-order valence-electron chi connectivity index (χ3n) is 2.69. The Hall–Kier alpha value is -1.73. The van der Waals surface area contributed by atoms with E-state index in [1.54, 1.807) is 0 Å². The number of anilines is 1. The highest BCUT2D eigenvalue weighted by Gasteiger charge is 2.15. The molecule has 0 aromatic carbocycles. The Morgan fingerprint density at radius 2 is 2.17 bits per heavy atom. The van der Waals surface area contributed by atoms with E-state index in [0.717, 1.165) is 4.88 Å². The van der Waals surface area contributed by atoms with Gasteiger partial charge in [0, 0.05) is 13.1 Å². The molecule has 0 aliphatic carbocycles. The smallest absolute Gasteiger partial charge is 0.349 e. The van der Waals surface area contributed by atoms with Crippen molar-refractivity contribution in [2.24, 2.45) is 0 Å². The third-order valence-corrected chi connectivity index (χ3v) is 3.56. The lowest BCUT2D eigenvalue weighted by atomic mass is 10.4. The molecule has 3 rings (SSSR count). The fraction of sp³-hybridized carbons (Fsp3) is 0.364. The van der Waals surface area contributed by atoms with Gasteiger partial charge in [0.25, 0.3) is 0 Å². The molecule has 0 bridgehead atoms. The summed E-state index contributed by atoms with van der Waals surface area (Å²) in [7, 11) is 0. The van der Waals surface area contributed by atoms with Crippen molar-refractivity contribution in [3.8, 4) is 10.7 Å². The first-order valence-electron chi connectivity index (χ1n) is 5.68. The maximum Gasteiger partial charge on any atom is 0.349 e. The standard InChI is InChI=1S/C11H12N4O2S/c16-11-13-9(8-2-1-7-18-8)12-10(14-11)15-3-5-17-6-4-15/h1-2,7H,3-6H2,(H,12,13,14,16). The van der Waals surface area contributed by atoms with Crippen molar-refractivity contribution in [1.82, 2.24) is 15.0 Å². The van der Waals surface area contributed by atoms with Crippen LogP contribution in [-0.2, 0) is 4.74 Å². The number of hydrogen-bond donors (Lipinski definition) is 1. The van der Waals surface area contributed by atoms with Crippen LogP contribution in [0.5, 0.6) is 0 Å². The summed E-state index contributed by atoms with van der Waals surface area (Å²) in [6.07, 6.45) is 0. The molecule has 0 saturated carbocycles. The molecule has 1 aliphatic rings. The van der Waals surface area contributed by atoms with Crippen molar-refractivity contribution in [2.45, 2.75) is 0 Å². The SMILES string of the molecule is O=c1nc(N2CCOCC2)nc(-c2cccs2)[nH]1. The molecule has 6 nitrogen and oxygen atoms in total. The van der Waals surface area contributed by atoms with Crippen LogP contribution >= 0.6 is 11.3 Å². The van der Waals surface area contributed by atoms with Gasteiger partial charge in [-0.2, -0.15) is 9.97 Å². The number of nitrogens with one attached hydrogen (secondary N) is 1. The van der Waals surface area contributed by atoms with E-state index in [4.69, 9.17) is 4.74 Å². The van der Waals surface area contributed by atoms with Crippen LogP contribution in [0, 0.1) is 0 Å². The summed E-state index contributed by atoms with van der Waals surface area (Å²) in [4.78, 5) is 25.5. The largest absolute Gasteiger partial charge is 0.378 e. The molecule has 2 aromatic heterocycles. The molecule has 1 N–H and O–H groups in total. The van der Waals surface area contributed by atoms with Gasteiger partial charge in [-0.25, -0.2) is 4.79 Å². The molecular formula is C11H12N4O2S. The summed E-state index contributed by atoms with van der Waals surface area (Å²) < 4.78 is 5.27. The highest BCUT2D eigenvalue weighted by molar-refractivity contribution is 7.13. The van der Waals surface area contributed by atoms with Gasteiger partial charge in [0.1, 0.15) is 0 Å². The number of thiophene rings is 1. The van der Waals surface area contributed by atoms with Crippen LogP contribution in [0.4, 0.5) is 5.95 Å². The first kappa shape index (κ1) is 11.4. The van der Waals surface area contributed by atoms with Crippen LogP contribution in [0.25, 0.3) is 10.7 Å². The van der Waals surface area contributed by atoms with Crippen molar-refractivity contribution in [3.05, 3.63) is 28.0 Å². The summed E-state index contributed by atoms with van der Waals surface area (Å²) in [5, 5.41) is 1.95. The lowest BCUT2D eigenvalue weighted by molar-refractivity contribution is 0.122. The zero-order valence-electron chi connectivity index (χ0n) is 9.63. The van der Waals surface area contributed by atoms with Crippen molar-refractivity contribution >= 4 is 17.3 Å². The molecule has 1 saturated heterocycles. The van der Waals surface area contributed by atoms with Crippen LogP contribution in [0.15, 0.2) is 22.3 Å². The minimum atomic E-state index is -0.366. The van der Waals surface area contributed by atoms with Gasteiger partial charge in [-0.3, -0.25) is 4.98 Å². The molecule has 0 spiro atoms. The van der Waals surface area contributed by atoms with Crippen molar-refractivity contribution in [2.75, 3.05) is 31.2 Å². The van der Waals surface area contributed by atoms with Gasteiger partial charge < -0.3 is 9.64 Å². The zero-order valence-corrected chi connectivity index (χ0v) is 10.4. The second-order valence-electron chi connectivity index (χ2n) is 3.88. The lowest BCUT2D eigenvalue weighted by Crippen LogP contribution is -2.38. The molecule has 7 heteroatoms. The Morgan fingerprint density at radius 3 is 2.89 bits per heavy atom. The number of H-pyrrole nitrogens is 1. The molecule has 1 aliphatic heterocycles. The predicted octanol–water partition coefficient (Wildman–Crippen LogP) is 0.730. The van der Waals surface area contributed by atoms with Gasteiger partial charge in [0.15, 0.2) is 5.82 Å². The van der Waals surface area contributed by atoms with E-state index in [2.05, 4.69) is 15.0 Å². The number of morpholine rings is 1. The molecular weight excluding hydrogens is 252 g/mol. The molecule has 0 radical (unpaired) electrons. The summed E-state index contributed by atoms with van der Waals surface area (Å²) >= 11 is 1.54. The minimum absolute atomic E-state index is 0.366. The molecule has 0 amide bonds. The van der Waals surface area contributed by atoms with Crippen LogP contribution in [0.2, 0.25) is 0 Å². The zero-order chi connectivity index (χ0) is 12.4. The number of rotatable bonds is 2. The average molecular weight is 264 g/mol. The van der Waals surface area contributed by atoms with E-state index >= 15 is 0 Å². The van der Waals surface area contributed by atoms with Crippen molar-refractivity contribution in [3.63, 3.8) is 0 Å². The van der Waals surface area contributed by atoms with E-state index < -0.39 is 0 Å². The highest BCUT2D eigenvalue weighted by atomic mass is 32.1. The summed E-state index contributed by atoms with van der Waals surface area (Å²) in [6, 6.07) is 3.85. The van der Waals surface area contributed by atoms with Crippen molar-refractivity contribution in [1.29, 1.82) is 0 Å². The number of aromatic nitrogens is 3. The molecule has 18 heavy (non-hydrogen) atoms. The Balaban J connectivity index is 1.98. The fourth-order valence-corrected chi connectivity index (χ4v) is 2.48. The van der Waals surface area contributed by atoms with Crippen LogP contribution in [0.1, 0.15) is 0 Å². The average Bonchev–Trinajstić information content (AvgIpc) is 2.93. The maximum absolute atomic E-state index is 11.6. The predicted molar refractivity (Wildman–Crippen MR) is 69.0 cm³/mol. The highest BCUT2D eigenvalue weighted by Crippen LogP contribution is 2.21.